The van der Waals surface area contributed by atoms with Crippen molar-refractivity contribution in [2.75, 3.05) is 32.1 Å². The third-order valence-corrected chi connectivity index (χ3v) is 5.93. The molecule has 27 heavy (non-hydrogen) atoms. The number of carbonyl (C=O) groups excluding carboxylic acids is 1. The van der Waals surface area contributed by atoms with Crippen LogP contribution < -0.4 is 15.4 Å². The van der Waals surface area contributed by atoms with Crippen molar-refractivity contribution < 1.29 is 9.53 Å². The van der Waals surface area contributed by atoms with Crippen molar-refractivity contribution in [1.82, 2.24) is 10.2 Å². The number of carbonyl (C=O) groups is 1. The van der Waals surface area contributed by atoms with Crippen molar-refractivity contribution in [3.63, 3.8) is 0 Å². The molecular weight excluding hydrogens is 358 g/mol. The third-order valence-electron chi connectivity index (χ3n) is 4.96. The van der Waals surface area contributed by atoms with Crippen molar-refractivity contribution in [3.05, 3.63) is 46.7 Å². The van der Waals surface area contributed by atoms with Gasteiger partial charge in [-0.15, -0.1) is 11.3 Å². The molecule has 3 rings (SSSR count). The minimum absolute atomic E-state index is 0.0112. The normalized spacial score (nSPS) is 16.8. The smallest absolute Gasteiger partial charge is 0.225 e. The number of amides is 1. The van der Waals surface area contributed by atoms with Gasteiger partial charge in [-0.25, -0.2) is 0 Å². The molecule has 5 nitrogen and oxygen atoms in total. The number of nitrogens with zero attached hydrogens (tertiary/aromatic N) is 1. The highest BCUT2D eigenvalue weighted by atomic mass is 32.1. The van der Waals surface area contributed by atoms with Crippen molar-refractivity contribution >= 4 is 22.9 Å². The lowest BCUT2D eigenvalue weighted by molar-refractivity contribution is -0.116. The van der Waals surface area contributed by atoms with E-state index in [4.69, 9.17) is 4.74 Å². The summed E-state index contributed by atoms with van der Waals surface area (Å²) in [7, 11) is 1.62. The molecule has 2 atom stereocenters. The van der Waals surface area contributed by atoms with E-state index in [2.05, 4.69) is 40.0 Å². The first-order valence-corrected chi connectivity index (χ1v) is 10.5. The SMILES string of the molecule is COc1cccc(NC(=O)C[C@H](C)NC[C@H](c2cccs2)N2CCCC2)c1. The van der Waals surface area contributed by atoms with Gasteiger partial charge < -0.3 is 15.4 Å². The molecule has 0 radical (unpaired) electrons. The predicted octanol–water partition coefficient (Wildman–Crippen LogP) is 3.90. The standard InChI is InChI=1S/C21H29N3O2S/c1-16(13-21(25)23-17-7-5-8-18(14-17)26-2)22-15-19(20-9-6-12-27-20)24-10-3-4-11-24/h5-9,12,14,16,19,22H,3-4,10-11,13,15H2,1-2H3,(H,23,25)/t16-,19+/m0/s1. The second-order valence-corrected chi connectivity index (χ2v) is 8.05. The molecule has 1 amide bonds. The zero-order valence-corrected chi connectivity index (χ0v) is 16.9. The Kier molecular flexibility index (Phi) is 7.26. The highest BCUT2D eigenvalue weighted by Crippen LogP contribution is 2.28. The molecule has 146 valence electrons. The summed E-state index contributed by atoms with van der Waals surface area (Å²) in [5.74, 6) is 0.750. The quantitative estimate of drug-likeness (QED) is 0.685. The van der Waals surface area contributed by atoms with Gasteiger partial charge in [0.2, 0.25) is 5.91 Å². The van der Waals surface area contributed by atoms with Gasteiger partial charge in [0.15, 0.2) is 0 Å². The number of hydrogen-bond acceptors (Lipinski definition) is 5. The summed E-state index contributed by atoms with van der Waals surface area (Å²) in [5.41, 5.74) is 0.764. The van der Waals surface area contributed by atoms with Gasteiger partial charge in [0, 0.05) is 35.6 Å². The average molecular weight is 388 g/mol. The first-order valence-electron chi connectivity index (χ1n) is 9.60. The molecule has 0 saturated carbocycles. The zero-order chi connectivity index (χ0) is 19.1. The average Bonchev–Trinajstić information content (AvgIpc) is 3.36. The first-order chi connectivity index (χ1) is 13.2. The molecule has 1 saturated heterocycles. The van der Waals surface area contributed by atoms with Gasteiger partial charge in [-0.2, -0.15) is 0 Å². The maximum absolute atomic E-state index is 12.4. The third kappa shape index (κ3) is 5.79. The molecule has 1 aliphatic heterocycles. The number of benzene rings is 1. The van der Waals surface area contributed by atoms with E-state index >= 15 is 0 Å². The molecule has 2 heterocycles. The lowest BCUT2D eigenvalue weighted by Gasteiger charge is -2.28. The summed E-state index contributed by atoms with van der Waals surface area (Å²) in [6, 6.07) is 12.3. The Balaban J connectivity index is 1.50. The first kappa shape index (κ1) is 19.9. The largest absolute Gasteiger partial charge is 0.497 e. The number of likely N-dealkylation sites (tertiary alicyclic amines) is 1. The number of methoxy groups -OCH3 is 1. The number of nitrogens with one attached hydrogen (secondary N) is 2. The van der Waals surface area contributed by atoms with Crippen molar-refractivity contribution in [2.45, 2.75) is 38.3 Å². The van der Waals surface area contributed by atoms with Crippen LogP contribution in [0.3, 0.4) is 0 Å². The Hall–Kier alpha value is -1.89. The van der Waals surface area contributed by atoms with Crippen LogP contribution in [0.15, 0.2) is 41.8 Å². The summed E-state index contributed by atoms with van der Waals surface area (Å²) >= 11 is 1.82. The van der Waals surface area contributed by atoms with Gasteiger partial charge in [-0.1, -0.05) is 12.1 Å². The summed E-state index contributed by atoms with van der Waals surface area (Å²) in [5, 5.41) is 8.66. The van der Waals surface area contributed by atoms with Crippen LogP contribution in [0.4, 0.5) is 5.69 Å². The van der Waals surface area contributed by atoms with Crippen LogP contribution in [0.5, 0.6) is 5.75 Å². The van der Waals surface area contributed by atoms with Gasteiger partial charge in [-0.3, -0.25) is 9.69 Å². The van der Waals surface area contributed by atoms with E-state index in [0.29, 0.717) is 12.5 Å². The number of ether oxygens (including phenoxy) is 1. The maximum Gasteiger partial charge on any atom is 0.225 e. The highest BCUT2D eigenvalue weighted by Gasteiger charge is 2.24. The van der Waals surface area contributed by atoms with E-state index in [1.807, 2.05) is 35.6 Å². The predicted molar refractivity (Wildman–Crippen MR) is 112 cm³/mol. The van der Waals surface area contributed by atoms with Gasteiger partial charge in [0.25, 0.3) is 0 Å². The Morgan fingerprint density at radius 1 is 1.26 bits per heavy atom. The van der Waals surface area contributed by atoms with Crippen LogP contribution in [0.25, 0.3) is 0 Å². The molecule has 1 aromatic heterocycles. The monoisotopic (exact) mass is 387 g/mol. The van der Waals surface area contributed by atoms with Gasteiger partial charge in [0.1, 0.15) is 5.75 Å². The minimum atomic E-state index is 0.0112. The number of hydrogen-bond donors (Lipinski definition) is 2. The molecule has 0 unspecified atom stereocenters. The van der Waals surface area contributed by atoms with Crippen LogP contribution >= 0.6 is 11.3 Å². The lowest BCUT2D eigenvalue weighted by Crippen LogP contribution is -2.38. The molecule has 2 N–H and O–H groups in total. The summed E-state index contributed by atoms with van der Waals surface area (Å²) in [6.07, 6.45) is 3.00. The summed E-state index contributed by atoms with van der Waals surface area (Å²) < 4.78 is 5.20. The second kappa shape index (κ2) is 9.88. The zero-order valence-electron chi connectivity index (χ0n) is 16.1. The highest BCUT2D eigenvalue weighted by molar-refractivity contribution is 7.10. The van der Waals surface area contributed by atoms with Crippen LogP contribution in [0.1, 0.15) is 37.1 Å². The molecule has 1 aliphatic rings. The fourth-order valence-corrected chi connectivity index (χ4v) is 4.38. The van der Waals surface area contributed by atoms with Gasteiger partial charge in [0.05, 0.1) is 13.2 Å². The van der Waals surface area contributed by atoms with Crippen LogP contribution in [-0.2, 0) is 4.79 Å². The number of rotatable bonds is 9. The van der Waals surface area contributed by atoms with E-state index in [0.717, 1.165) is 31.1 Å². The molecule has 0 aliphatic carbocycles. The fraction of sp³-hybridized carbons (Fsp3) is 0.476. The molecule has 1 fully saturated rings. The molecule has 0 bridgehead atoms. The van der Waals surface area contributed by atoms with Crippen molar-refractivity contribution in [2.24, 2.45) is 0 Å². The molecule has 0 spiro atoms. The van der Waals surface area contributed by atoms with E-state index in [1.165, 1.54) is 17.7 Å². The maximum atomic E-state index is 12.4. The van der Waals surface area contributed by atoms with E-state index in [1.54, 1.807) is 7.11 Å². The summed E-state index contributed by atoms with van der Waals surface area (Å²) in [4.78, 5) is 16.3. The van der Waals surface area contributed by atoms with E-state index < -0.39 is 0 Å². The van der Waals surface area contributed by atoms with E-state index in [-0.39, 0.29) is 11.9 Å². The molecule has 2 aromatic rings. The Morgan fingerprint density at radius 2 is 2.07 bits per heavy atom. The topological polar surface area (TPSA) is 53.6 Å². The fourth-order valence-electron chi connectivity index (χ4n) is 3.52. The Labute approximate surface area is 165 Å². The van der Waals surface area contributed by atoms with Crippen LogP contribution in [-0.4, -0.2) is 43.6 Å². The van der Waals surface area contributed by atoms with Crippen LogP contribution in [0, 0.1) is 0 Å². The molecule has 6 heteroatoms. The van der Waals surface area contributed by atoms with Gasteiger partial charge >= 0.3 is 0 Å². The second-order valence-electron chi connectivity index (χ2n) is 7.07. The van der Waals surface area contributed by atoms with Gasteiger partial charge in [-0.05, 0) is 56.4 Å². The minimum Gasteiger partial charge on any atom is -0.497 e. The van der Waals surface area contributed by atoms with Crippen molar-refractivity contribution in [1.29, 1.82) is 0 Å². The molecular formula is C21H29N3O2S. The number of anilines is 1. The van der Waals surface area contributed by atoms with Crippen molar-refractivity contribution in [3.8, 4) is 5.75 Å². The number of thiophene rings is 1. The Morgan fingerprint density at radius 3 is 2.78 bits per heavy atom. The summed E-state index contributed by atoms with van der Waals surface area (Å²) in [6.45, 7) is 5.26. The molecule has 1 aromatic carbocycles. The lowest BCUT2D eigenvalue weighted by atomic mass is 10.1. The Bertz CT molecular complexity index is 714. The van der Waals surface area contributed by atoms with Crippen LogP contribution in [0.2, 0.25) is 0 Å². The van der Waals surface area contributed by atoms with E-state index in [9.17, 15) is 4.79 Å².